The van der Waals surface area contributed by atoms with Gasteiger partial charge in [0.05, 0.1) is 22.5 Å². The number of aryl methyl sites for hydroxylation is 1. The van der Waals surface area contributed by atoms with E-state index in [0.717, 1.165) is 54.7 Å². The first-order chi connectivity index (χ1) is 14.9. The number of benzene rings is 2. The summed E-state index contributed by atoms with van der Waals surface area (Å²) in [5, 5.41) is 13.6. The first-order valence-electron chi connectivity index (χ1n) is 11.1. The quantitative estimate of drug-likeness (QED) is 0.631. The summed E-state index contributed by atoms with van der Waals surface area (Å²) in [7, 11) is 0. The Balaban J connectivity index is 1.66. The monoisotopic (exact) mass is 417 g/mol. The van der Waals surface area contributed by atoms with Crippen LogP contribution in [0.25, 0.3) is 10.9 Å². The lowest BCUT2D eigenvalue weighted by molar-refractivity contribution is 0.0698. The fourth-order valence-corrected chi connectivity index (χ4v) is 5.18. The molecule has 2 aromatic carbocycles. The lowest BCUT2D eigenvalue weighted by atomic mass is 9.67. The van der Waals surface area contributed by atoms with E-state index in [1.54, 1.807) is 18.2 Å². The Hall–Kier alpha value is -3.15. The zero-order chi connectivity index (χ0) is 21.8. The smallest absolute Gasteiger partial charge is 0.337 e. The zero-order valence-electron chi connectivity index (χ0n) is 17.9. The summed E-state index contributed by atoms with van der Waals surface area (Å²) in [6, 6.07) is 10.8. The van der Waals surface area contributed by atoms with Crippen molar-refractivity contribution >= 4 is 22.6 Å². The number of carboxylic acid groups (broad SMARTS) is 1. The molecule has 1 saturated carbocycles. The molecular weight excluding hydrogens is 390 g/mol. The lowest BCUT2D eigenvalue weighted by Crippen LogP contribution is -2.34. The summed E-state index contributed by atoms with van der Waals surface area (Å²) < 4.78 is 1.89. The van der Waals surface area contributed by atoms with Crippen LogP contribution in [0.2, 0.25) is 0 Å². The van der Waals surface area contributed by atoms with Crippen molar-refractivity contribution in [3.8, 4) is 0 Å². The van der Waals surface area contributed by atoms with Crippen LogP contribution in [0.1, 0.15) is 72.9 Å². The van der Waals surface area contributed by atoms with E-state index in [4.69, 9.17) is 4.98 Å². The molecule has 0 unspecified atom stereocenters. The molecule has 2 heterocycles. The van der Waals surface area contributed by atoms with E-state index in [-0.39, 0.29) is 22.6 Å². The number of carboxylic acids is 1. The molecule has 1 fully saturated rings. The Morgan fingerprint density at radius 3 is 2.71 bits per heavy atom. The number of nitrogens with one attached hydrogen (secondary N) is 1. The van der Waals surface area contributed by atoms with Gasteiger partial charge in [-0.25, -0.2) is 9.78 Å². The van der Waals surface area contributed by atoms with Crippen LogP contribution in [0.4, 0.5) is 5.69 Å². The van der Waals surface area contributed by atoms with Crippen molar-refractivity contribution in [2.45, 2.75) is 64.0 Å². The minimum Gasteiger partial charge on any atom is -0.478 e. The van der Waals surface area contributed by atoms with Crippen LogP contribution >= 0.6 is 0 Å². The summed E-state index contributed by atoms with van der Waals surface area (Å²) in [5.74, 6) is -0.0246. The summed E-state index contributed by atoms with van der Waals surface area (Å²) in [6.07, 6.45) is 5.22. The van der Waals surface area contributed by atoms with Crippen molar-refractivity contribution in [1.82, 2.24) is 9.55 Å². The number of hydrogen-bond acceptors (Lipinski definition) is 4. The molecule has 1 atom stereocenters. The number of anilines is 1. The number of nitrogens with zero attached hydrogens (tertiary/aromatic N) is 2. The number of aromatic carboxylic acids is 1. The van der Waals surface area contributed by atoms with E-state index in [1.165, 1.54) is 6.42 Å². The molecule has 1 aromatic heterocycles. The number of rotatable bonds is 5. The Kier molecular flexibility index (Phi) is 4.61. The highest BCUT2D eigenvalue weighted by Crippen LogP contribution is 2.49. The molecular formula is C25H27N3O3. The summed E-state index contributed by atoms with van der Waals surface area (Å²) in [5.41, 5.74) is 3.68. The molecule has 6 nitrogen and oxygen atoms in total. The molecule has 0 bridgehead atoms. The van der Waals surface area contributed by atoms with Crippen molar-refractivity contribution in [3.63, 3.8) is 0 Å². The molecule has 0 radical (unpaired) electrons. The SMILES string of the molecule is CCc1cc([C@@H](C)Nc2ccccc2C(=O)O)c2nc3n(c(=O)c2c1)CCC31CCC1. The van der Waals surface area contributed by atoms with Crippen LogP contribution < -0.4 is 10.9 Å². The van der Waals surface area contributed by atoms with E-state index >= 15 is 0 Å². The van der Waals surface area contributed by atoms with Crippen molar-refractivity contribution in [2.24, 2.45) is 0 Å². The van der Waals surface area contributed by atoms with E-state index < -0.39 is 5.97 Å². The van der Waals surface area contributed by atoms with E-state index in [9.17, 15) is 14.7 Å². The van der Waals surface area contributed by atoms with Crippen LogP contribution in [0.15, 0.2) is 41.2 Å². The maximum Gasteiger partial charge on any atom is 0.337 e. The van der Waals surface area contributed by atoms with Crippen LogP contribution in [-0.4, -0.2) is 20.6 Å². The molecule has 6 heteroatoms. The average Bonchev–Trinajstić information content (AvgIpc) is 3.14. The predicted octanol–water partition coefficient (Wildman–Crippen LogP) is 4.66. The van der Waals surface area contributed by atoms with Crippen LogP contribution in [-0.2, 0) is 18.4 Å². The van der Waals surface area contributed by atoms with Gasteiger partial charge in [0, 0.05) is 23.2 Å². The van der Waals surface area contributed by atoms with Gasteiger partial charge < -0.3 is 10.4 Å². The number of carbonyl (C=O) groups is 1. The number of hydrogen-bond donors (Lipinski definition) is 2. The molecule has 3 aromatic rings. The molecule has 2 N–H and O–H groups in total. The molecule has 31 heavy (non-hydrogen) atoms. The Labute approximate surface area is 180 Å². The third kappa shape index (κ3) is 3.04. The first-order valence-corrected chi connectivity index (χ1v) is 11.1. The standard InChI is InChI=1S/C25H27N3O3/c1-3-16-13-18(15(2)26-20-8-5-4-7-17(20)23(30)31)21-19(14-16)22(29)28-12-11-25(9-6-10-25)24(28)27-21/h4-5,7-8,13-15,26H,3,6,9-12H2,1-2H3,(H,30,31)/t15-/m1/s1. The highest BCUT2D eigenvalue weighted by atomic mass is 16.4. The van der Waals surface area contributed by atoms with Gasteiger partial charge >= 0.3 is 5.97 Å². The van der Waals surface area contributed by atoms with Crippen molar-refractivity contribution in [3.05, 3.63) is 69.3 Å². The van der Waals surface area contributed by atoms with Gasteiger partial charge in [-0.2, -0.15) is 0 Å². The number of fused-ring (bicyclic) bond motifs is 3. The minimum atomic E-state index is -0.969. The third-order valence-electron chi connectivity index (χ3n) is 7.15. The van der Waals surface area contributed by atoms with Crippen LogP contribution in [0.5, 0.6) is 0 Å². The van der Waals surface area contributed by atoms with Crippen molar-refractivity contribution < 1.29 is 9.90 Å². The van der Waals surface area contributed by atoms with Gasteiger partial charge in [0.15, 0.2) is 0 Å². The average molecular weight is 418 g/mol. The second kappa shape index (κ2) is 7.22. The number of aromatic nitrogens is 2. The van der Waals surface area contributed by atoms with E-state index in [2.05, 4.69) is 18.3 Å². The van der Waals surface area contributed by atoms with Gasteiger partial charge in [0.1, 0.15) is 5.82 Å². The Bertz CT molecular complexity index is 1260. The minimum absolute atomic E-state index is 0.0541. The molecule has 2 aliphatic rings. The molecule has 1 aliphatic carbocycles. The van der Waals surface area contributed by atoms with Gasteiger partial charge in [-0.05, 0) is 56.4 Å². The Morgan fingerprint density at radius 2 is 2.03 bits per heavy atom. The molecule has 1 aliphatic heterocycles. The third-order valence-corrected chi connectivity index (χ3v) is 7.15. The predicted molar refractivity (Wildman–Crippen MR) is 121 cm³/mol. The summed E-state index contributed by atoms with van der Waals surface area (Å²) >= 11 is 0. The van der Waals surface area contributed by atoms with Gasteiger partial charge in [-0.1, -0.05) is 31.5 Å². The lowest BCUT2D eigenvalue weighted by Gasteiger charge is -2.37. The topological polar surface area (TPSA) is 84.2 Å². The number of para-hydroxylation sites is 1. The Morgan fingerprint density at radius 1 is 1.26 bits per heavy atom. The molecule has 160 valence electrons. The summed E-state index contributed by atoms with van der Waals surface area (Å²) in [4.78, 5) is 30.2. The second-order valence-corrected chi connectivity index (χ2v) is 8.93. The summed E-state index contributed by atoms with van der Waals surface area (Å²) in [6.45, 7) is 4.83. The van der Waals surface area contributed by atoms with Gasteiger partial charge in [-0.15, -0.1) is 0 Å². The largest absolute Gasteiger partial charge is 0.478 e. The van der Waals surface area contributed by atoms with Gasteiger partial charge in [0.2, 0.25) is 0 Å². The maximum atomic E-state index is 13.4. The molecule has 1 spiro atoms. The van der Waals surface area contributed by atoms with Gasteiger partial charge in [0.25, 0.3) is 5.56 Å². The van der Waals surface area contributed by atoms with Crippen molar-refractivity contribution in [1.29, 1.82) is 0 Å². The highest BCUT2D eigenvalue weighted by Gasteiger charge is 2.46. The maximum absolute atomic E-state index is 13.4. The van der Waals surface area contributed by atoms with Crippen LogP contribution in [0.3, 0.4) is 0 Å². The normalized spacial score (nSPS) is 17.4. The first kappa shape index (κ1) is 19.8. The van der Waals surface area contributed by atoms with E-state index in [1.807, 2.05) is 23.6 Å². The van der Waals surface area contributed by atoms with E-state index in [0.29, 0.717) is 11.1 Å². The molecule has 0 amide bonds. The second-order valence-electron chi connectivity index (χ2n) is 8.93. The fourth-order valence-electron chi connectivity index (χ4n) is 5.18. The molecule has 0 saturated heterocycles. The zero-order valence-corrected chi connectivity index (χ0v) is 17.9. The fraction of sp³-hybridized carbons (Fsp3) is 0.400. The van der Waals surface area contributed by atoms with Crippen molar-refractivity contribution in [2.75, 3.05) is 5.32 Å². The van der Waals surface area contributed by atoms with Crippen LogP contribution in [0, 0.1) is 0 Å². The molecule has 5 rings (SSSR count). The highest BCUT2D eigenvalue weighted by molar-refractivity contribution is 5.94. The van der Waals surface area contributed by atoms with Gasteiger partial charge in [-0.3, -0.25) is 9.36 Å².